The second-order valence-electron chi connectivity index (χ2n) is 3.56. The Morgan fingerprint density at radius 3 is 3.00 bits per heavy atom. The van der Waals surface area contributed by atoms with Crippen LogP contribution in [-0.2, 0) is 13.2 Å². The number of allylic oxidation sites excluding steroid dienone is 1. The van der Waals surface area contributed by atoms with Crippen molar-refractivity contribution < 1.29 is 4.74 Å². The molecule has 94 valence electrons. The summed E-state index contributed by atoms with van der Waals surface area (Å²) in [6.45, 7) is 4.66. The lowest BCUT2D eigenvalue weighted by Gasteiger charge is -2.08. The van der Waals surface area contributed by atoms with Crippen molar-refractivity contribution in [3.05, 3.63) is 52.0 Å². The number of nitrogens with one attached hydrogen (secondary N) is 1. The van der Waals surface area contributed by atoms with E-state index < -0.39 is 0 Å². The van der Waals surface area contributed by atoms with Crippen molar-refractivity contribution in [3.63, 3.8) is 0 Å². The molecule has 0 saturated carbocycles. The van der Waals surface area contributed by atoms with Gasteiger partial charge < -0.3 is 4.74 Å². The predicted molar refractivity (Wildman–Crippen MR) is 76.1 cm³/mol. The highest BCUT2D eigenvalue weighted by Gasteiger charge is 2.06. The first-order valence-corrected chi connectivity index (χ1v) is 6.55. The van der Waals surface area contributed by atoms with Gasteiger partial charge in [0.15, 0.2) is 10.6 Å². The van der Waals surface area contributed by atoms with Gasteiger partial charge in [-0.15, -0.1) is 6.58 Å². The van der Waals surface area contributed by atoms with Crippen molar-refractivity contribution in [2.75, 3.05) is 0 Å². The van der Waals surface area contributed by atoms with Gasteiger partial charge in [0, 0.05) is 6.54 Å². The van der Waals surface area contributed by atoms with Crippen LogP contribution in [0.25, 0.3) is 0 Å². The maximum Gasteiger partial charge on any atom is 0.195 e. The van der Waals surface area contributed by atoms with Crippen LogP contribution in [0, 0.1) is 4.77 Å². The van der Waals surface area contributed by atoms with Crippen LogP contribution in [0.2, 0.25) is 0 Å². The summed E-state index contributed by atoms with van der Waals surface area (Å²) in [7, 11) is 0. The first-order valence-electron chi connectivity index (χ1n) is 5.34. The molecule has 0 aliphatic rings. The van der Waals surface area contributed by atoms with Crippen LogP contribution in [0.4, 0.5) is 0 Å². The number of nitrogens with zero attached hydrogens (tertiary/aromatic N) is 2. The maximum atomic E-state index is 5.69. The second kappa shape index (κ2) is 5.97. The van der Waals surface area contributed by atoms with Crippen LogP contribution in [0.15, 0.2) is 41.4 Å². The average Bonchev–Trinajstić information content (AvgIpc) is 2.71. The van der Waals surface area contributed by atoms with E-state index >= 15 is 0 Å². The van der Waals surface area contributed by atoms with E-state index in [0.717, 1.165) is 16.0 Å². The molecule has 0 atom stereocenters. The largest absolute Gasteiger partial charge is 0.484 e. The smallest absolute Gasteiger partial charge is 0.195 e. The standard InChI is InChI=1S/C12H12BrN3OS/c1-2-7-16-11(14-15-12(16)18)8-17-10-6-4-3-5-9(10)13/h2-6H,1,7-8H2,(H,15,18). The Morgan fingerprint density at radius 1 is 1.50 bits per heavy atom. The molecule has 2 rings (SSSR count). The zero-order chi connectivity index (χ0) is 13.0. The molecule has 0 saturated heterocycles. The highest BCUT2D eigenvalue weighted by atomic mass is 79.9. The van der Waals surface area contributed by atoms with Crippen LogP contribution < -0.4 is 4.74 Å². The Morgan fingerprint density at radius 2 is 2.28 bits per heavy atom. The van der Waals surface area contributed by atoms with Crippen molar-refractivity contribution in [3.8, 4) is 5.75 Å². The number of aromatic nitrogens is 3. The van der Waals surface area contributed by atoms with Crippen LogP contribution in [0.1, 0.15) is 5.82 Å². The third-order valence-corrected chi connectivity index (χ3v) is 3.31. The van der Waals surface area contributed by atoms with E-state index in [2.05, 4.69) is 32.7 Å². The molecule has 0 aliphatic heterocycles. The molecule has 18 heavy (non-hydrogen) atoms. The molecule has 4 nitrogen and oxygen atoms in total. The van der Waals surface area contributed by atoms with Crippen LogP contribution in [0.3, 0.4) is 0 Å². The van der Waals surface area contributed by atoms with Crippen molar-refractivity contribution in [1.82, 2.24) is 14.8 Å². The Hall–Kier alpha value is -1.40. The topological polar surface area (TPSA) is 42.8 Å². The minimum atomic E-state index is 0.351. The molecule has 1 N–H and O–H groups in total. The molecule has 0 spiro atoms. The molecule has 1 aromatic carbocycles. The molecule has 0 amide bonds. The zero-order valence-electron chi connectivity index (χ0n) is 9.60. The van der Waals surface area contributed by atoms with Gasteiger partial charge in [-0.25, -0.2) is 0 Å². The summed E-state index contributed by atoms with van der Waals surface area (Å²) in [5.74, 6) is 1.52. The molecule has 1 heterocycles. The minimum absolute atomic E-state index is 0.351. The Bertz CT molecular complexity index is 605. The third-order valence-electron chi connectivity index (χ3n) is 2.34. The van der Waals surface area contributed by atoms with E-state index in [9.17, 15) is 0 Å². The number of halogens is 1. The molecular formula is C12H12BrN3OS. The van der Waals surface area contributed by atoms with Crippen LogP contribution in [-0.4, -0.2) is 14.8 Å². The third kappa shape index (κ3) is 2.88. The van der Waals surface area contributed by atoms with Gasteiger partial charge in [-0.05, 0) is 40.3 Å². The SMILES string of the molecule is C=CCn1c(COc2ccccc2Br)n[nH]c1=S. The molecule has 0 bridgehead atoms. The molecule has 2 aromatic rings. The average molecular weight is 326 g/mol. The number of benzene rings is 1. The lowest BCUT2D eigenvalue weighted by molar-refractivity contribution is 0.288. The molecule has 1 aromatic heterocycles. The predicted octanol–water partition coefficient (Wildman–Crippen LogP) is 3.47. The molecule has 6 heteroatoms. The van der Waals surface area contributed by atoms with Crippen LogP contribution >= 0.6 is 28.1 Å². The number of hydrogen-bond acceptors (Lipinski definition) is 3. The molecule has 0 unspecified atom stereocenters. The summed E-state index contributed by atoms with van der Waals surface area (Å²) in [4.78, 5) is 0. The fourth-order valence-electron chi connectivity index (χ4n) is 1.48. The highest BCUT2D eigenvalue weighted by Crippen LogP contribution is 2.24. The monoisotopic (exact) mass is 325 g/mol. The Balaban J connectivity index is 2.13. The minimum Gasteiger partial charge on any atom is -0.484 e. The van der Waals surface area contributed by atoms with Gasteiger partial charge in [0.2, 0.25) is 0 Å². The number of hydrogen-bond donors (Lipinski definition) is 1. The molecular weight excluding hydrogens is 314 g/mol. The zero-order valence-corrected chi connectivity index (χ0v) is 12.0. The van der Waals surface area contributed by atoms with E-state index in [1.54, 1.807) is 6.08 Å². The van der Waals surface area contributed by atoms with Crippen molar-refractivity contribution in [1.29, 1.82) is 0 Å². The summed E-state index contributed by atoms with van der Waals surface area (Å²) >= 11 is 8.55. The van der Waals surface area contributed by atoms with Gasteiger partial charge in [-0.1, -0.05) is 18.2 Å². The van der Waals surface area contributed by atoms with Crippen LogP contribution in [0.5, 0.6) is 5.75 Å². The van der Waals surface area contributed by atoms with E-state index in [1.165, 1.54) is 0 Å². The van der Waals surface area contributed by atoms with Gasteiger partial charge in [0.1, 0.15) is 12.4 Å². The normalized spacial score (nSPS) is 10.3. The van der Waals surface area contributed by atoms with Gasteiger partial charge >= 0.3 is 0 Å². The van der Waals surface area contributed by atoms with Crippen molar-refractivity contribution in [2.45, 2.75) is 13.2 Å². The molecule has 0 aliphatic carbocycles. The quantitative estimate of drug-likeness (QED) is 0.676. The Kier molecular flexibility index (Phi) is 4.33. The Labute approximate surface area is 118 Å². The summed E-state index contributed by atoms with van der Waals surface area (Å²) in [5.41, 5.74) is 0. The van der Waals surface area contributed by atoms with Gasteiger partial charge in [-0.3, -0.25) is 9.67 Å². The number of ether oxygens (including phenoxy) is 1. The lowest BCUT2D eigenvalue weighted by atomic mass is 10.3. The van der Waals surface area contributed by atoms with E-state index in [0.29, 0.717) is 17.9 Å². The van der Waals surface area contributed by atoms with E-state index in [-0.39, 0.29) is 0 Å². The summed E-state index contributed by atoms with van der Waals surface area (Å²) in [6, 6.07) is 7.67. The highest BCUT2D eigenvalue weighted by molar-refractivity contribution is 9.10. The first-order chi connectivity index (χ1) is 8.72. The summed E-state index contributed by atoms with van der Waals surface area (Å²) < 4.78 is 9.02. The number of H-pyrrole nitrogens is 1. The lowest BCUT2D eigenvalue weighted by Crippen LogP contribution is -2.06. The molecule has 0 fully saturated rings. The number of aromatic amines is 1. The van der Waals surface area contributed by atoms with E-state index in [4.69, 9.17) is 17.0 Å². The van der Waals surface area contributed by atoms with Crippen molar-refractivity contribution in [2.24, 2.45) is 0 Å². The van der Waals surface area contributed by atoms with Gasteiger partial charge in [0.25, 0.3) is 0 Å². The van der Waals surface area contributed by atoms with E-state index in [1.807, 2.05) is 28.8 Å². The molecule has 0 radical (unpaired) electrons. The fourth-order valence-corrected chi connectivity index (χ4v) is 2.11. The van der Waals surface area contributed by atoms with Gasteiger partial charge in [-0.2, -0.15) is 5.10 Å². The summed E-state index contributed by atoms with van der Waals surface area (Å²) in [5, 5.41) is 6.89. The van der Waals surface area contributed by atoms with Crippen molar-refractivity contribution >= 4 is 28.1 Å². The van der Waals surface area contributed by atoms with Gasteiger partial charge in [0.05, 0.1) is 4.47 Å². The maximum absolute atomic E-state index is 5.69. The fraction of sp³-hybridized carbons (Fsp3) is 0.167. The summed E-state index contributed by atoms with van der Waals surface area (Å²) in [6.07, 6.45) is 1.77. The second-order valence-corrected chi connectivity index (χ2v) is 4.80. The number of rotatable bonds is 5. The first kappa shape index (κ1) is 13.0. The number of para-hydroxylation sites is 1.